The van der Waals surface area contributed by atoms with E-state index in [1.807, 2.05) is 0 Å². The summed E-state index contributed by atoms with van der Waals surface area (Å²) in [5.74, 6) is 0.896. The quantitative estimate of drug-likeness (QED) is 0.660. The minimum absolute atomic E-state index is 0.622. The highest BCUT2D eigenvalue weighted by Crippen LogP contribution is 2.18. The molecule has 14 heavy (non-hydrogen) atoms. The second-order valence-corrected chi connectivity index (χ2v) is 4.64. The normalized spacial score (nSPS) is 23.6. The first-order valence-electron chi connectivity index (χ1n) is 5.88. The zero-order valence-electron chi connectivity index (χ0n) is 9.63. The van der Waals surface area contributed by atoms with Gasteiger partial charge in [0.25, 0.3) is 0 Å². The van der Waals surface area contributed by atoms with Gasteiger partial charge in [0.1, 0.15) is 0 Å². The molecule has 0 bridgehead atoms. The molecule has 1 unspecified atom stereocenters. The molecule has 3 heteroatoms. The Hall–Kier alpha value is -0.120. The number of nitrogens with one attached hydrogen (secondary N) is 1. The molecule has 0 radical (unpaired) electrons. The molecule has 0 aromatic carbocycles. The van der Waals surface area contributed by atoms with Crippen LogP contribution in [0.5, 0.6) is 0 Å². The maximum Gasteiger partial charge on any atom is 0.0105 e. The Morgan fingerprint density at radius 1 is 1.50 bits per heavy atom. The summed E-state index contributed by atoms with van der Waals surface area (Å²) < 4.78 is 0. The lowest BCUT2D eigenvalue weighted by atomic mass is 10.1. The predicted octanol–water partition coefficient (Wildman–Crippen LogP) is 0.655. The Labute approximate surface area is 88.0 Å². The monoisotopic (exact) mass is 199 g/mol. The van der Waals surface area contributed by atoms with Crippen LogP contribution in [0.15, 0.2) is 0 Å². The lowest BCUT2D eigenvalue weighted by Gasteiger charge is -2.15. The summed E-state index contributed by atoms with van der Waals surface area (Å²) in [7, 11) is 0. The van der Waals surface area contributed by atoms with Crippen molar-refractivity contribution in [2.24, 2.45) is 11.7 Å². The van der Waals surface area contributed by atoms with E-state index in [-0.39, 0.29) is 0 Å². The van der Waals surface area contributed by atoms with E-state index >= 15 is 0 Å². The predicted molar refractivity (Wildman–Crippen MR) is 61.4 cm³/mol. The van der Waals surface area contributed by atoms with Gasteiger partial charge in [-0.05, 0) is 31.8 Å². The fourth-order valence-electron chi connectivity index (χ4n) is 2.11. The molecule has 1 rings (SSSR count). The van der Waals surface area contributed by atoms with Gasteiger partial charge >= 0.3 is 0 Å². The minimum atomic E-state index is 0.622. The van der Waals surface area contributed by atoms with E-state index in [1.54, 1.807) is 0 Å². The van der Waals surface area contributed by atoms with Gasteiger partial charge in [-0.25, -0.2) is 0 Å². The SMILES string of the molecule is CC(C)NCCC1CCN(CCN)C1. The Morgan fingerprint density at radius 2 is 2.29 bits per heavy atom. The molecule has 1 saturated heterocycles. The van der Waals surface area contributed by atoms with E-state index < -0.39 is 0 Å². The third-order valence-corrected chi connectivity index (χ3v) is 2.92. The lowest BCUT2D eigenvalue weighted by Crippen LogP contribution is -2.28. The molecule has 3 nitrogen and oxygen atoms in total. The Morgan fingerprint density at radius 3 is 2.93 bits per heavy atom. The van der Waals surface area contributed by atoms with Crippen LogP contribution in [0, 0.1) is 5.92 Å². The third kappa shape index (κ3) is 4.40. The summed E-state index contributed by atoms with van der Waals surface area (Å²) in [6.07, 6.45) is 2.68. The topological polar surface area (TPSA) is 41.3 Å². The van der Waals surface area contributed by atoms with Crippen LogP contribution < -0.4 is 11.1 Å². The van der Waals surface area contributed by atoms with Gasteiger partial charge in [0.05, 0.1) is 0 Å². The number of hydrogen-bond acceptors (Lipinski definition) is 3. The molecule has 0 spiro atoms. The van der Waals surface area contributed by atoms with Crippen molar-refractivity contribution >= 4 is 0 Å². The second-order valence-electron chi connectivity index (χ2n) is 4.64. The zero-order valence-corrected chi connectivity index (χ0v) is 9.63. The zero-order chi connectivity index (χ0) is 10.4. The van der Waals surface area contributed by atoms with E-state index in [9.17, 15) is 0 Å². The molecule has 84 valence electrons. The first kappa shape index (κ1) is 12.0. The van der Waals surface area contributed by atoms with Crippen LogP contribution in [0.1, 0.15) is 26.7 Å². The summed E-state index contributed by atoms with van der Waals surface area (Å²) in [6, 6.07) is 0.622. The van der Waals surface area contributed by atoms with Crippen LogP contribution in [0.4, 0.5) is 0 Å². The summed E-state index contributed by atoms with van der Waals surface area (Å²) in [6.45, 7) is 9.97. The average molecular weight is 199 g/mol. The Kier molecular flexibility index (Phi) is 5.45. The molecular formula is C11H25N3. The molecule has 3 N–H and O–H groups in total. The average Bonchev–Trinajstić information content (AvgIpc) is 2.53. The van der Waals surface area contributed by atoms with Crippen LogP contribution in [0.2, 0.25) is 0 Å². The van der Waals surface area contributed by atoms with Crippen LogP contribution in [0.3, 0.4) is 0 Å². The van der Waals surface area contributed by atoms with E-state index in [4.69, 9.17) is 5.73 Å². The van der Waals surface area contributed by atoms with Crippen molar-refractivity contribution in [3.05, 3.63) is 0 Å². The molecule has 1 atom stereocenters. The molecule has 1 fully saturated rings. The standard InChI is InChI=1S/C11H25N3/c1-10(2)13-6-3-11-4-7-14(9-11)8-5-12/h10-11,13H,3-9,12H2,1-2H3. The van der Waals surface area contributed by atoms with Crippen LogP contribution >= 0.6 is 0 Å². The molecule has 0 saturated carbocycles. The largest absolute Gasteiger partial charge is 0.329 e. The van der Waals surface area contributed by atoms with E-state index in [2.05, 4.69) is 24.1 Å². The smallest absolute Gasteiger partial charge is 0.0105 e. The van der Waals surface area contributed by atoms with Crippen molar-refractivity contribution in [1.82, 2.24) is 10.2 Å². The Bertz CT molecular complexity index is 147. The van der Waals surface area contributed by atoms with E-state index in [0.717, 1.165) is 19.0 Å². The molecule has 0 aliphatic carbocycles. The van der Waals surface area contributed by atoms with Crippen molar-refractivity contribution in [3.63, 3.8) is 0 Å². The van der Waals surface area contributed by atoms with Gasteiger partial charge in [0.15, 0.2) is 0 Å². The first-order valence-corrected chi connectivity index (χ1v) is 5.88. The highest BCUT2D eigenvalue weighted by molar-refractivity contribution is 4.76. The number of nitrogens with zero attached hydrogens (tertiary/aromatic N) is 1. The highest BCUT2D eigenvalue weighted by Gasteiger charge is 2.20. The molecule has 0 aromatic rings. The molecule has 0 aromatic heterocycles. The van der Waals surface area contributed by atoms with Crippen LogP contribution in [-0.4, -0.2) is 43.7 Å². The van der Waals surface area contributed by atoms with Crippen LogP contribution in [-0.2, 0) is 0 Å². The summed E-state index contributed by atoms with van der Waals surface area (Å²) >= 11 is 0. The molecule has 1 aliphatic rings. The first-order chi connectivity index (χ1) is 6.72. The fourth-order valence-corrected chi connectivity index (χ4v) is 2.11. The fraction of sp³-hybridized carbons (Fsp3) is 1.00. The van der Waals surface area contributed by atoms with E-state index in [0.29, 0.717) is 6.04 Å². The highest BCUT2D eigenvalue weighted by atomic mass is 15.1. The van der Waals surface area contributed by atoms with Crippen molar-refractivity contribution in [1.29, 1.82) is 0 Å². The van der Waals surface area contributed by atoms with Gasteiger partial charge < -0.3 is 16.0 Å². The van der Waals surface area contributed by atoms with Crippen molar-refractivity contribution in [2.45, 2.75) is 32.7 Å². The van der Waals surface area contributed by atoms with Gasteiger partial charge in [-0.3, -0.25) is 0 Å². The molecule has 1 aliphatic heterocycles. The van der Waals surface area contributed by atoms with Gasteiger partial charge in [-0.1, -0.05) is 13.8 Å². The molecule has 1 heterocycles. The summed E-state index contributed by atoms with van der Waals surface area (Å²) in [5.41, 5.74) is 5.54. The lowest BCUT2D eigenvalue weighted by molar-refractivity contribution is 0.327. The van der Waals surface area contributed by atoms with Crippen molar-refractivity contribution in [3.8, 4) is 0 Å². The number of nitrogens with two attached hydrogens (primary N) is 1. The Balaban J connectivity index is 2.04. The third-order valence-electron chi connectivity index (χ3n) is 2.92. The number of hydrogen-bond donors (Lipinski definition) is 2. The van der Waals surface area contributed by atoms with Crippen LogP contribution in [0.25, 0.3) is 0 Å². The maximum atomic E-state index is 5.54. The van der Waals surface area contributed by atoms with Crippen molar-refractivity contribution < 1.29 is 0 Å². The summed E-state index contributed by atoms with van der Waals surface area (Å²) in [4.78, 5) is 2.49. The maximum absolute atomic E-state index is 5.54. The minimum Gasteiger partial charge on any atom is -0.329 e. The second kappa shape index (κ2) is 6.38. The van der Waals surface area contributed by atoms with Gasteiger partial charge in [0, 0.05) is 25.7 Å². The molecular weight excluding hydrogens is 174 g/mol. The van der Waals surface area contributed by atoms with Gasteiger partial charge in [0.2, 0.25) is 0 Å². The summed E-state index contributed by atoms with van der Waals surface area (Å²) in [5, 5.41) is 3.48. The molecule has 0 amide bonds. The number of likely N-dealkylation sites (tertiary alicyclic amines) is 1. The van der Waals surface area contributed by atoms with Gasteiger partial charge in [-0.15, -0.1) is 0 Å². The van der Waals surface area contributed by atoms with Crippen molar-refractivity contribution in [2.75, 3.05) is 32.7 Å². The van der Waals surface area contributed by atoms with E-state index in [1.165, 1.54) is 32.5 Å². The van der Waals surface area contributed by atoms with Gasteiger partial charge in [-0.2, -0.15) is 0 Å². The number of rotatable bonds is 6.